The van der Waals surface area contributed by atoms with Gasteiger partial charge in [-0.25, -0.2) is 13.4 Å². The molecule has 1 aromatic heterocycles. The summed E-state index contributed by atoms with van der Waals surface area (Å²) in [5.74, 6) is 1.48. The highest BCUT2D eigenvalue weighted by Gasteiger charge is 2.26. The fourth-order valence-electron chi connectivity index (χ4n) is 2.55. The van der Waals surface area contributed by atoms with E-state index in [2.05, 4.69) is 28.1 Å². The Morgan fingerprint density at radius 1 is 1.40 bits per heavy atom. The summed E-state index contributed by atoms with van der Waals surface area (Å²) in [6.07, 6.45) is 4.53. The fourth-order valence-corrected chi connectivity index (χ4v) is 4.43. The lowest BCUT2D eigenvalue weighted by molar-refractivity contribution is 0.154. The summed E-state index contributed by atoms with van der Waals surface area (Å²) < 4.78 is 27.4. The first-order valence-electron chi connectivity index (χ1n) is 7.09. The van der Waals surface area contributed by atoms with E-state index in [1.54, 1.807) is 0 Å². The fraction of sp³-hybridized carbons (Fsp3) is 0.846. The van der Waals surface area contributed by atoms with Crippen LogP contribution in [0.25, 0.3) is 0 Å². The Bertz CT molecular complexity index is 540. The molecule has 1 saturated heterocycles. The second kappa shape index (κ2) is 6.49. The predicted molar refractivity (Wildman–Crippen MR) is 81.8 cm³/mol. The van der Waals surface area contributed by atoms with Crippen LogP contribution in [0.3, 0.4) is 0 Å². The maximum absolute atomic E-state index is 11.5. The maximum Gasteiger partial charge on any atom is 0.148 e. The minimum atomic E-state index is -2.93. The zero-order valence-electron chi connectivity index (χ0n) is 12.4. The number of aromatic nitrogens is 2. The van der Waals surface area contributed by atoms with Crippen LogP contribution in [0.2, 0.25) is 0 Å². The minimum Gasteiger partial charge on any atom is -0.293 e. The molecule has 7 heteroatoms. The van der Waals surface area contributed by atoms with E-state index in [4.69, 9.17) is 0 Å². The van der Waals surface area contributed by atoms with Gasteiger partial charge in [-0.3, -0.25) is 4.90 Å². The van der Waals surface area contributed by atoms with Gasteiger partial charge in [0.2, 0.25) is 0 Å². The number of hydrogen-bond acceptors (Lipinski definition) is 6. The molecule has 1 aliphatic heterocycles. The van der Waals surface area contributed by atoms with Crippen molar-refractivity contribution < 1.29 is 8.42 Å². The highest BCUT2D eigenvalue weighted by molar-refractivity contribution is 7.90. The van der Waals surface area contributed by atoms with Crippen LogP contribution in [0.15, 0.2) is 0 Å². The van der Waals surface area contributed by atoms with Crippen molar-refractivity contribution in [1.29, 1.82) is 0 Å². The van der Waals surface area contributed by atoms with E-state index in [0.29, 0.717) is 5.92 Å². The van der Waals surface area contributed by atoms with Crippen LogP contribution in [-0.4, -0.2) is 47.3 Å². The molecule has 2 rings (SSSR count). The Kier molecular flexibility index (Phi) is 5.14. The van der Waals surface area contributed by atoms with Crippen LogP contribution < -0.4 is 0 Å². The number of hydrogen-bond donors (Lipinski definition) is 0. The monoisotopic (exact) mass is 317 g/mol. The van der Waals surface area contributed by atoms with Gasteiger partial charge in [0.1, 0.15) is 20.7 Å². The van der Waals surface area contributed by atoms with Crippen molar-refractivity contribution >= 4 is 21.4 Å². The Hall–Kier alpha value is -0.530. The van der Waals surface area contributed by atoms with Crippen molar-refractivity contribution in [2.75, 3.05) is 18.6 Å². The lowest BCUT2D eigenvalue weighted by Crippen LogP contribution is -2.42. The molecule has 1 fully saturated rings. The van der Waals surface area contributed by atoms with Gasteiger partial charge in [0.25, 0.3) is 0 Å². The van der Waals surface area contributed by atoms with E-state index in [1.165, 1.54) is 17.8 Å². The number of sulfone groups is 1. The molecule has 0 N–H and O–H groups in total. The van der Waals surface area contributed by atoms with Crippen molar-refractivity contribution in [3.8, 4) is 0 Å². The van der Waals surface area contributed by atoms with E-state index in [0.717, 1.165) is 43.2 Å². The molecule has 0 saturated carbocycles. The molecule has 1 unspecified atom stereocenters. The van der Waals surface area contributed by atoms with Gasteiger partial charge >= 0.3 is 0 Å². The molecular formula is C13H23N3O2S2. The van der Waals surface area contributed by atoms with Crippen LogP contribution in [0.1, 0.15) is 49.9 Å². The van der Waals surface area contributed by atoms with Crippen molar-refractivity contribution in [1.82, 2.24) is 14.3 Å². The summed E-state index contributed by atoms with van der Waals surface area (Å²) in [5.41, 5.74) is 0. The van der Waals surface area contributed by atoms with E-state index < -0.39 is 9.84 Å². The number of likely N-dealkylation sites (tertiary alicyclic amines) is 1. The first kappa shape index (κ1) is 15.9. The van der Waals surface area contributed by atoms with Crippen molar-refractivity contribution in [3.05, 3.63) is 10.8 Å². The Labute approximate surface area is 125 Å². The summed E-state index contributed by atoms with van der Waals surface area (Å²) in [5, 5.41) is 0.995. The Balaban J connectivity index is 2.04. The SMILES string of the molecule is CC(C)c1nsc(CN2CCCCC2CS(C)(=O)=O)n1. The molecular weight excluding hydrogens is 294 g/mol. The highest BCUT2D eigenvalue weighted by Crippen LogP contribution is 2.22. The van der Waals surface area contributed by atoms with Gasteiger partial charge in [0.15, 0.2) is 0 Å². The van der Waals surface area contributed by atoms with E-state index in [1.807, 2.05) is 0 Å². The zero-order chi connectivity index (χ0) is 14.8. The maximum atomic E-state index is 11.5. The lowest BCUT2D eigenvalue weighted by Gasteiger charge is -2.34. The molecule has 0 bridgehead atoms. The third-order valence-corrected chi connectivity index (χ3v) is 5.28. The molecule has 1 aromatic rings. The first-order chi connectivity index (χ1) is 9.35. The molecule has 0 spiro atoms. The van der Waals surface area contributed by atoms with Crippen LogP contribution in [0.5, 0.6) is 0 Å². The van der Waals surface area contributed by atoms with Gasteiger partial charge in [-0.1, -0.05) is 20.3 Å². The van der Waals surface area contributed by atoms with Crippen LogP contribution in [0, 0.1) is 0 Å². The topological polar surface area (TPSA) is 63.2 Å². The van der Waals surface area contributed by atoms with Crippen LogP contribution in [-0.2, 0) is 16.4 Å². The number of piperidine rings is 1. The Morgan fingerprint density at radius 3 is 2.75 bits per heavy atom. The second-order valence-corrected chi connectivity index (χ2v) is 8.93. The van der Waals surface area contributed by atoms with Crippen LogP contribution >= 0.6 is 11.5 Å². The normalized spacial score (nSPS) is 21.5. The average molecular weight is 317 g/mol. The van der Waals surface area contributed by atoms with Crippen molar-refractivity contribution in [2.45, 2.75) is 51.6 Å². The molecule has 0 aliphatic carbocycles. The van der Waals surface area contributed by atoms with Gasteiger partial charge < -0.3 is 0 Å². The standard InChI is InChI=1S/C13H23N3O2S2/c1-10(2)13-14-12(19-15-13)8-16-7-5-4-6-11(16)9-20(3,17)18/h10-11H,4-9H2,1-3H3. The average Bonchev–Trinajstić information content (AvgIpc) is 2.78. The van der Waals surface area contributed by atoms with Gasteiger partial charge in [-0.05, 0) is 30.9 Å². The first-order valence-corrected chi connectivity index (χ1v) is 9.93. The third-order valence-electron chi connectivity index (χ3n) is 3.58. The summed E-state index contributed by atoms with van der Waals surface area (Å²) in [4.78, 5) is 6.81. The summed E-state index contributed by atoms with van der Waals surface area (Å²) in [7, 11) is -2.93. The van der Waals surface area contributed by atoms with E-state index in [-0.39, 0.29) is 11.8 Å². The lowest BCUT2D eigenvalue weighted by atomic mass is 10.0. The molecule has 0 aromatic carbocycles. The van der Waals surface area contributed by atoms with E-state index >= 15 is 0 Å². The molecule has 1 aliphatic rings. The molecule has 114 valence electrons. The van der Waals surface area contributed by atoms with Gasteiger partial charge in [-0.2, -0.15) is 4.37 Å². The van der Waals surface area contributed by atoms with E-state index in [9.17, 15) is 8.42 Å². The van der Waals surface area contributed by atoms with Gasteiger partial charge in [0, 0.05) is 18.2 Å². The molecule has 2 heterocycles. The van der Waals surface area contributed by atoms with Gasteiger partial charge in [0.05, 0.1) is 12.3 Å². The highest BCUT2D eigenvalue weighted by atomic mass is 32.2. The summed E-state index contributed by atoms with van der Waals surface area (Å²) >= 11 is 1.44. The van der Waals surface area contributed by atoms with Gasteiger partial charge in [-0.15, -0.1) is 0 Å². The zero-order valence-corrected chi connectivity index (χ0v) is 14.0. The van der Waals surface area contributed by atoms with Crippen LogP contribution in [0.4, 0.5) is 0 Å². The smallest absolute Gasteiger partial charge is 0.148 e. The quantitative estimate of drug-likeness (QED) is 0.832. The minimum absolute atomic E-state index is 0.130. The number of nitrogens with zero attached hydrogens (tertiary/aromatic N) is 3. The van der Waals surface area contributed by atoms with Crippen molar-refractivity contribution in [3.63, 3.8) is 0 Å². The summed E-state index contributed by atoms with van der Waals surface area (Å²) in [6.45, 7) is 5.85. The second-order valence-electron chi connectivity index (χ2n) is 5.91. The molecule has 1 atom stereocenters. The molecule has 0 amide bonds. The molecule has 20 heavy (non-hydrogen) atoms. The van der Waals surface area contributed by atoms with Crippen molar-refractivity contribution in [2.24, 2.45) is 0 Å². The molecule has 5 nitrogen and oxygen atoms in total. The third kappa shape index (κ3) is 4.49. The Morgan fingerprint density at radius 2 is 2.15 bits per heavy atom. The largest absolute Gasteiger partial charge is 0.293 e. The number of rotatable bonds is 5. The molecule has 0 radical (unpaired) electrons. The predicted octanol–water partition coefficient (Wildman–Crippen LogP) is 2.06. The summed E-state index contributed by atoms with van der Waals surface area (Å²) in [6, 6.07) is 0.130.